The zero-order chi connectivity index (χ0) is 16.9. The fourth-order valence-corrected chi connectivity index (χ4v) is 3.46. The van der Waals surface area contributed by atoms with Gasteiger partial charge in [0.1, 0.15) is 5.82 Å². The third kappa shape index (κ3) is 5.10. The van der Waals surface area contributed by atoms with Crippen molar-refractivity contribution < 1.29 is 0 Å². The summed E-state index contributed by atoms with van der Waals surface area (Å²) in [6, 6.07) is 8.74. The molecule has 0 radical (unpaired) electrons. The summed E-state index contributed by atoms with van der Waals surface area (Å²) in [4.78, 5) is 11.0. The minimum Gasteiger partial charge on any atom is -0.368 e. The Kier molecular flexibility index (Phi) is 7.55. The Balaban J connectivity index is 0.00000225. The summed E-state index contributed by atoms with van der Waals surface area (Å²) in [5, 5.41) is 6.84. The molecule has 2 aromatic rings. The lowest BCUT2D eigenvalue weighted by Gasteiger charge is -2.21. The van der Waals surface area contributed by atoms with E-state index in [2.05, 4.69) is 59.6 Å². The monoisotopic (exact) mass is 518 g/mol. The quantitative estimate of drug-likeness (QED) is 0.371. The molecule has 1 aromatic carbocycles. The van der Waals surface area contributed by atoms with Crippen LogP contribution in [-0.2, 0) is 13.6 Å². The van der Waals surface area contributed by atoms with E-state index < -0.39 is 0 Å². The van der Waals surface area contributed by atoms with Crippen molar-refractivity contribution in [2.75, 3.05) is 25.0 Å². The van der Waals surface area contributed by atoms with E-state index in [0.29, 0.717) is 12.6 Å². The van der Waals surface area contributed by atoms with Gasteiger partial charge in [-0.3, -0.25) is 4.99 Å². The van der Waals surface area contributed by atoms with Crippen LogP contribution >= 0.6 is 39.9 Å². The SMILES string of the molecule is CN=C(NCc1nccn1C)NC1CCN(c2ccccc2Br)C1.I. The van der Waals surface area contributed by atoms with Crippen LogP contribution in [0.25, 0.3) is 0 Å². The van der Waals surface area contributed by atoms with Crippen molar-refractivity contribution >= 4 is 51.6 Å². The number of benzene rings is 1. The van der Waals surface area contributed by atoms with Gasteiger partial charge in [0.15, 0.2) is 5.96 Å². The maximum Gasteiger partial charge on any atom is 0.191 e. The summed E-state index contributed by atoms with van der Waals surface area (Å²) >= 11 is 3.64. The van der Waals surface area contributed by atoms with E-state index in [9.17, 15) is 0 Å². The number of hydrogen-bond donors (Lipinski definition) is 2. The van der Waals surface area contributed by atoms with Crippen LogP contribution in [0.1, 0.15) is 12.2 Å². The van der Waals surface area contributed by atoms with E-state index in [-0.39, 0.29) is 24.0 Å². The predicted molar refractivity (Wildman–Crippen MR) is 117 cm³/mol. The van der Waals surface area contributed by atoms with Crippen molar-refractivity contribution in [3.05, 3.63) is 47.0 Å². The molecule has 1 aliphatic rings. The second-order valence-corrected chi connectivity index (χ2v) is 6.76. The second kappa shape index (κ2) is 9.42. The van der Waals surface area contributed by atoms with Crippen LogP contribution in [-0.4, -0.2) is 41.7 Å². The Bertz CT molecular complexity index is 717. The molecule has 25 heavy (non-hydrogen) atoms. The largest absolute Gasteiger partial charge is 0.368 e. The molecule has 0 bridgehead atoms. The van der Waals surface area contributed by atoms with Gasteiger partial charge in [0.25, 0.3) is 0 Å². The van der Waals surface area contributed by atoms with Crippen molar-refractivity contribution in [3.63, 3.8) is 0 Å². The van der Waals surface area contributed by atoms with Crippen LogP contribution in [0.15, 0.2) is 46.1 Å². The maximum atomic E-state index is 4.33. The Morgan fingerprint density at radius 3 is 2.88 bits per heavy atom. The molecule has 1 aromatic heterocycles. The lowest BCUT2D eigenvalue weighted by atomic mass is 10.3. The summed E-state index contributed by atoms with van der Waals surface area (Å²) in [5.74, 6) is 1.80. The third-order valence-corrected chi connectivity index (χ3v) is 4.95. The molecule has 6 nitrogen and oxygen atoms in total. The van der Waals surface area contributed by atoms with Crippen molar-refractivity contribution in [2.24, 2.45) is 12.0 Å². The zero-order valence-electron chi connectivity index (χ0n) is 14.4. The van der Waals surface area contributed by atoms with Crippen LogP contribution < -0.4 is 15.5 Å². The summed E-state index contributed by atoms with van der Waals surface area (Å²) in [6.07, 6.45) is 4.84. The Morgan fingerprint density at radius 2 is 2.20 bits per heavy atom. The third-order valence-electron chi connectivity index (χ3n) is 4.28. The van der Waals surface area contributed by atoms with Gasteiger partial charge in [0, 0.05) is 50.1 Å². The Labute approximate surface area is 174 Å². The maximum absolute atomic E-state index is 4.33. The number of anilines is 1. The van der Waals surface area contributed by atoms with Gasteiger partial charge in [-0.25, -0.2) is 4.98 Å². The molecule has 2 N–H and O–H groups in total. The average Bonchev–Trinajstić information content (AvgIpc) is 3.21. The van der Waals surface area contributed by atoms with Crippen molar-refractivity contribution in [1.29, 1.82) is 0 Å². The molecule has 1 fully saturated rings. The number of aliphatic imine (C=N–C) groups is 1. The van der Waals surface area contributed by atoms with Crippen LogP contribution in [0.2, 0.25) is 0 Å². The molecule has 0 aliphatic carbocycles. The van der Waals surface area contributed by atoms with Gasteiger partial charge in [-0.15, -0.1) is 24.0 Å². The lowest BCUT2D eigenvalue weighted by molar-refractivity contribution is 0.640. The average molecular weight is 519 g/mol. The number of aryl methyl sites for hydroxylation is 1. The van der Waals surface area contributed by atoms with E-state index >= 15 is 0 Å². The number of guanidine groups is 1. The minimum atomic E-state index is 0. The number of nitrogens with zero attached hydrogens (tertiary/aromatic N) is 4. The van der Waals surface area contributed by atoms with E-state index in [1.54, 1.807) is 13.2 Å². The molecule has 0 amide bonds. The molecule has 8 heteroatoms. The molecule has 3 rings (SSSR count). The number of nitrogens with one attached hydrogen (secondary N) is 2. The first-order valence-corrected chi connectivity index (χ1v) is 8.89. The fraction of sp³-hybridized carbons (Fsp3) is 0.412. The van der Waals surface area contributed by atoms with Gasteiger partial charge in [-0.1, -0.05) is 12.1 Å². The van der Waals surface area contributed by atoms with E-state index in [1.165, 1.54) is 5.69 Å². The van der Waals surface area contributed by atoms with E-state index in [4.69, 9.17) is 0 Å². The van der Waals surface area contributed by atoms with Crippen molar-refractivity contribution in [3.8, 4) is 0 Å². The highest BCUT2D eigenvalue weighted by Gasteiger charge is 2.24. The predicted octanol–water partition coefficient (Wildman–Crippen LogP) is 2.74. The Hall–Kier alpha value is -1.29. The molecule has 2 heterocycles. The molecule has 0 spiro atoms. The molecule has 136 valence electrons. The molecular formula is C17H24BrIN6. The van der Waals surface area contributed by atoms with Crippen molar-refractivity contribution in [2.45, 2.75) is 19.0 Å². The number of imidazole rings is 1. The van der Waals surface area contributed by atoms with Gasteiger partial charge in [0.2, 0.25) is 0 Å². The number of halogens is 2. The summed E-state index contributed by atoms with van der Waals surface area (Å²) in [7, 11) is 3.79. The van der Waals surface area contributed by atoms with Crippen LogP contribution in [0, 0.1) is 0 Å². The summed E-state index contributed by atoms with van der Waals surface area (Å²) < 4.78 is 3.15. The van der Waals surface area contributed by atoms with Crippen LogP contribution in [0.4, 0.5) is 5.69 Å². The first-order chi connectivity index (χ1) is 11.7. The van der Waals surface area contributed by atoms with E-state index in [1.807, 2.05) is 23.9 Å². The van der Waals surface area contributed by atoms with Gasteiger partial charge < -0.3 is 20.1 Å². The van der Waals surface area contributed by atoms with Gasteiger partial charge in [0.05, 0.1) is 12.2 Å². The van der Waals surface area contributed by atoms with Crippen molar-refractivity contribution in [1.82, 2.24) is 20.2 Å². The first-order valence-electron chi connectivity index (χ1n) is 8.10. The number of hydrogen-bond acceptors (Lipinski definition) is 3. The standard InChI is InChI=1S/C17H23BrN6.HI/c1-19-17(21-11-16-20-8-10-23(16)2)22-13-7-9-24(12-13)15-6-4-3-5-14(15)18;/h3-6,8,10,13H,7,9,11-12H2,1-2H3,(H2,19,21,22);1H. The van der Waals surface area contributed by atoms with Gasteiger partial charge in [-0.05, 0) is 34.5 Å². The first kappa shape index (κ1) is 20.0. The van der Waals surface area contributed by atoms with Gasteiger partial charge in [-0.2, -0.15) is 0 Å². The molecular weight excluding hydrogens is 495 g/mol. The number of rotatable bonds is 4. The highest BCUT2D eigenvalue weighted by Crippen LogP contribution is 2.28. The minimum absolute atomic E-state index is 0. The zero-order valence-corrected chi connectivity index (χ0v) is 18.4. The fourth-order valence-electron chi connectivity index (χ4n) is 2.92. The van der Waals surface area contributed by atoms with Crippen LogP contribution in [0.3, 0.4) is 0 Å². The molecule has 1 unspecified atom stereocenters. The molecule has 1 saturated heterocycles. The number of aromatic nitrogens is 2. The number of para-hydroxylation sites is 1. The Morgan fingerprint density at radius 1 is 1.40 bits per heavy atom. The topological polar surface area (TPSA) is 57.5 Å². The second-order valence-electron chi connectivity index (χ2n) is 5.91. The summed E-state index contributed by atoms with van der Waals surface area (Å²) in [6.45, 7) is 2.66. The lowest BCUT2D eigenvalue weighted by Crippen LogP contribution is -2.44. The molecule has 0 saturated carbocycles. The smallest absolute Gasteiger partial charge is 0.191 e. The van der Waals surface area contributed by atoms with E-state index in [0.717, 1.165) is 35.8 Å². The summed E-state index contributed by atoms with van der Waals surface area (Å²) in [5.41, 5.74) is 1.25. The normalized spacial score (nSPS) is 17.3. The molecule has 1 aliphatic heterocycles. The van der Waals surface area contributed by atoms with Crippen LogP contribution in [0.5, 0.6) is 0 Å². The highest BCUT2D eigenvalue weighted by atomic mass is 127. The highest BCUT2D eigenvalue weighted by molar-refractivity contribution is 14.0. The molecule has 1 atom stereocenters. The van der Waals surface area contributed by atoms with Gasteiger partial charge >= 0.3 is 0 Å².